The van der Waals surface area contributed by atoms with Crippen molar-refractivity contribution in [1.29, 1.82) is 0 Å². The molecule has 1 aromatic carbocycles. The van der Waals surface area contributed by atoms with E-state index in [2.05, 4.69) is 34.6 Å². The molecule has 1 N–H and O–H groups in total. The van der Waals surface area contributed by atoms with E-state index in [1.165, 1.54) is 5.69 Å². The van der Waals surface area contributed by atoms with Crippen LogP contribution in [0.4, 0.5) is 5.69 Å². The van der Waals surface area contributed by atoms with Gasteiger partial charge in [0.05, 0.1) is 12.1 Å². The molecule has 5 nitrogen and oxygen atoms in total. The highest BCUT2D eigenvalue weighted by Crippen LogP contribution is 2.13. The Labute approximate surface area is 131 Å². The number of hydrogen-bond acceptors (Lipinski definition) is 4. The highest BCUT2D eigenvalue weighted by molar-refractivity contribution is 5.78. The second-order valence-corrected chi connectivity index (χ2v) is 5.44. The summed E-state index contributed by atoms with van der Waals surface area (Å²) in [6.07, 6.45) is 1.23. The maximum atomic E-state index is 11.9. The molecule has 0 fully saturated rings. The summed E-state index contributed by atoms with van der Waals surface area (Å²) in [5.41, 5.74) is 2.86. The Morgan fingerprint density at radius 3 is 2.64 bits per heavy atom. The minimum atomic E-state index is 0.0109. The molecule has 0 bridgehead atoms. The van der Waals surface area contributed by atoms with Crippen molar-refractivity contribution in [3.05, 3.63) is 47.3 Å². The summed E-state index contributed by atoms with van der Waals surface area (Å²) in [5.74, 6) is 0.730. The van der Waals surface area contributed by atoms with E-state index < -0.39 is 0 Å². The summed E-state index contributed by atoms with van der Waals surface area (Å²) < 4.78 is 5.07. The number of aromatic nitrogens is 1. The number of rotatable bonds is 7. The third kappa shape index (κ3) is 4.35. The first kappa shape index (κ1) is 16.1. The van der Waals surface area contributed by atoms with Crippen molar-refractivity contribution in [2.75, 3.05) is 25.0 Å². The molecule has 22 heavy (non-hydrogen) atoms. The molecule has 0 saturated heterocycles. The van der Waals surface area contributed by atoms with Crippen molar-refractivity contribution in [3.63, 3.8) is 0 Å². The number of para-hydroxylation sites is 1. The molecule has 0 unspecified atom stereocenters. The predicted octanol–water partition coefficient (Wildman–Crippen LogP) is 2.48. The van der Waals surface area contributed by atoms with Crippen molar-refractivity contribution < 1.29 is 9.32 Å². The number of anilines is 1. The van der Waals surface area contributed by atoms with Crippen LogP contribution in [0.5, 0.6) is 0 Å². The summed E-state index contributed by atoms with van der Waals surface area (Å²) >= 11 is 0. The maximum absolute atomic E-state index is 11.9. The second kappa shape index (κ2) is 7.64. The maximum Gasteiger partial charge on any atom is 0.224 e. The second-order valence-electron chi connectivity index (χ2n) is 5.44. The Hall–Kier alpha value is -2.30. The SMILES string of the molecule is Cc1noc(C)c1CC(=O)NCCCN(C)c1ccccc1. The minimum Gasteiger partial charge on any atom is -0.375 e. The summed E-state index contributed by atoms with van der Waals surface area (Å²) in [6, 6.07) is 10.2. The van der Waals surface area contributed by atoms with Gasteiger partial charge < -0.3 is 14.7 Å². The van der Waals surface area contributed by atoms with Gasteiger partial charge in [0.15, 0.2) is 0 Å². The van der Waals surface area contributed by atoms with E-state index in [-0.39, 0.29) is 5.91 Å². The lowest BCUT2D eigenvalue weighted by Crippen LogP contribution is -2.29. The van der Waals surface area contributed by atoms with E-state index in [0.717, 1.165) is 30.0 Å². The van der Waals surface area contributed by atoms with E-state index in [0.29, 0.717) is 13.0 Å². The Morgan fingerprint density at radius 2 is 2.00 bits per heavy atom. The van der Waals surface area contributed by atoms with Gasteiger partial charge in [-0.05, 0) is 32.4 Å². The largest absolute Gasteiger partial charge is 0.375 e. The van der Waals surface area contributed by atoms with Crippen LogP contribution in [0.15, 0.2) is 34.9 Å². The third-order valence-corrected chi connectivity index (χ3v) is 3.71. The van der Waals surface area contributed by atoms with Crippen LogP contribution in [-0.2, 0) is 11.2 Å². The number of amides is 1. The lowest BCUT2D eigenvalue weighted by molar-refractivity contribution is -0.120. The molecule has 118 valence electrons. The lowest BCUT2D eigenvalue weighted by atomic mass is 10.1. The van der Waals surface area contributed by atoms with Crippen LogP contribution < -0.4 is 10.2 Å². The van der Waals surface area contributed by atoms with Crippen molar-refractivity contribution >= 4 is 11.6 Å². The molecule has 0 aliphatic heterocycles. The van der Waals surface area contributed by atoms with Gasteiger partial charge in [0.2, 0.25) is 5.91 Å². The van der Waals surface area contributed by atoms with Crippen molar-refractivity contribution in [2.24, 2.45) is 0 Å². The number of carbonyl (C=O) groups excluding carboxylic acids is 1. The summed E-state index contributed by atoms with van der Waals surface area (Å²) in [7, 11) is 2.06. The molecule has 0 spiro atoms. The standard InChI is InChI=1S/C17H23N3O2/c1-13-16(14(2)22-19-13)12-17(21)18-10-7-11-20(3)15-8-5-4-6-9-15/h4-6,8-9H,7,10-12H2,1-3H3,(H,18,21). The molecule has 2 aromatic rings. The number of nitrogens with one attached hydrogen (secondary N) is 1. The minimum absolute atomic E-state index is 0.0109. The zero-order valence-electron chi connectivity index (χ0n) is 13.4. The fourth-order valence-electron chi connectivity index (χ4n) is 2.33. The third-order valence-electron chi connectivity index (χ3n) is 3.71. The predicted molar refractivity (Wildman–Crippen MR) is 87.0 cm³/mol. The molecule has 0 aliphatic carbocycles. The van der Waals surface area contributed by atoms with Crippen LogP contribution in [0.25, 0.3) is 0 Å². The number of hydrogen-bond donors (Lipinski definition) is 1. The van der Waals surface area contributed by atoms with E-state index in [4.69, 9.17) is 4.52 Å². The molecule has 5 heteroatoms. The zero-order chi connectivity index (χ0) is 15.9. The first-order chi connectivity index (χ1) is 10.6. The number of aryl methyl sites for hydroxylation is 2. The summed E-state index contributed by atoms with van der Waals surface area (Å²) in [4.78, 5) is 14.1. The zero-order valence-corrected chi connectivity index (χ0v) is 13.4. The topological polar surface area (TPSA) is 58.4 Å². The first-order valence-corrected chi connectivity index (χ1v) is 7.52. The fourth-order valence-corrected chi connectivity index (χ4v) is 2.33. The Morgan fingerprint density at radius 1 is 1.27 bits per heavy atom. The normalized spacial score (nSPS) is 10.5. The summed E-state index contributed by atoms with van der Waals surface area (Å²) in [5, 5.41) is 6.81. The van der Waals surface area contributed by atoms with Gasteiger partial charge in [-0.3, -0.25) is 4.79 Å². The van der Waals surface area contributed by atoms with Crippen LogP contribution in [0.2, 0.25) is 0 Å². The molecule has 0 atom stereocenters. The number of benzene rings is 1. The van der Waals surface area contributed by atoms with E-state index in [1.807, 2.05) is 32.0 Å². The lowest BCUT2D eigenvalue weighted by Gasteiger charge is -2.19. The molecular weight excluding hydrogens is 278 g/mol. The van der Waals surface area contributed by atoms with E-state index >= 15 is 0 Å². The Bertz CT molecular complexity index is 588. The van der Waals surface area contributed by atoms with Gasteiger partial charge in [-0.15, -0.1) is 0 Å². The van der Waals surface area contributed by atoms with Gasteiger partial charge in [-0.2, -0.15) is 0 Å². The van der Waals surface area contributed by atoms with Crippen LogP contribution >= 0.6 is 0 Å². The van der Waals surface area contributed by atoms with Crippen LogP contribution in [0.3, 0.4) is 0 Å². The Kier molecular flexibility index (Phi) is 5.58. The molecular formula is C17H23N3O2. The van der Waals surface area contributed by atoms with Gasteiger partial charge in [0.25, 0.3) is 0 Å². The van der Waals surface area contributed by atoms with E-state index in [1.54, 1.807) is 0 Å². The fraction of sp³-hybridized carbons (Fsp3) is 0.412. The first-order valence-electron chi connectivity index (χ1n) is 7.52. The van der Waals surface area contributed by atoms with Crippen molar-refractivity contribution in [2.45, 2.75) is 26.7 Å². The molecule has 0 radical (unpaired) electrons. The number of nitrogens with zero attached hydrogens (tertiary/aromatic N) is 2. The van der Waals surface area contributed by atoms with Crippen LogP contribution in [0, 0.1) is 13.8 Å². The highest BCUT2D eigenvalue weighted by Gasteiger charge is 2.12. The smallest absolute Gasteiger partial charge is 0.224 e. The van der Waals surface area contributed by atoms with Gasteiger partial charge in [-0.1, -0.05) is 23.4 Å². The molecule has 0 aliphatic rings. The van der Waals surface area contributed by atoms with Gasteiger partial charge in [0, 0.05) is 31.4 Å². The van der Waals surface area contributed by atoms with Gasteiger partial charge in [0.1, 0.15) is 5.76 Å². The quantitative estimate of drug-likeness (QED) is 0.798. The Balaban J connectivity index is 1.69. The average Bonchev–Trinajstić information content (AvgIpc) is 2.84. The van der Waals surface area contributed by atoms with Crippen molar-refractivity contribution in [3.8, 4) is 0 Å². The van der Waals surface area contributed by atoms with Gasteiger partial charge >= 0.3 is 0 Å². The molecule has 1 aromatic heterocycles. The molecule has 0 saturated carbocycles. The van der Waals surface area contributed by atoms with Crippen LogP contribution in [0.1, 0.15) is 23.4 Å². The monoisotopic (exact) mass is 301 g/mol. The van der Waals surface area contributed by atoms with E-state index in [9.17, 15) is 4.79 Å². The summed E-state index contributed by atoms with van der Waals surface area (Å²) in [6.45, 7) is 5.25. The molecule has 1 amide bonds. The van der Waals surface area contributed by atoms with Gasteiger partial charge in [-0.25, -0.2) is 0 Å². The van der Waals surface area contributed by atoms with Crippen molar-refractivity contribution in [1.82, 2.24) is 10.5 Å². The molecule has 2 rings (SSSR count). The number of carbonyl (C=O) groups is 1. The molecule has 1 heterocycles. The highest BCUT2D eigenvalue weighted by atomic mass is 16.5. The van der Waals surface area contributed by atoms with Crippen LogP contribution in [-0.4, -0.2) is 31.2 Å². The average molecular weight is 301 g/mol.